The minimum Gasteiger partial charge on any atom is -0.465 e. The Balaban J connectivity index is 1.67. The van der Waals surface area contributed by atoms with E-state index in [0.29, 0.717) is 29.4 Å². The molecule has 5 N–H and O–H groups in total. The average Bonchev–Trinajstić information content (AvgIpc) is 3.27. The normalized spacial score (nSPS) is 21.3. The van der Waals surface area contributed by atoms with E-state index in [-0.39, 0.29) is 35.2 Å². The number of amides is 1. The van der Waals surface area contributed by atoms with Gasteiger partial charge in [-0.25, -0.2) is 24.1 Å². The maximum Gasteiger partial charge on any atom is 0.410 e. The van der Waals surface area contributed by atoms with Crippen LogP contribution in [0.1, 0.15) is 76.0 Å². The summed E-state index contributed by atoms with van der Waals surface area (Å²) in [6, 6.07) is 5.83. The van der Waals surface area contributed by atoms with Gasteiger partial charge >= 0.3 is 6.09 Å². The maximum absolute atomic E-state index is 14.3. The Morgan fingerprint density at radius 2 is 1.98 bits per heavy atom. The minimum atomic E-state index is -1.69. The van der Waals surface area contributed by atoms with Gasteiger partial charge in [0.25, 0.3) is 0 Å². The van der Waals surface area contributed by atoms with Crippen molar-refractivity contribution in [1.82, 2.24) is 24.8 Å². The summed E-state index contributed by atoms with van der Waals surface area (Å²) in [5.74, 6) is 3.38. The molecule has 41 heavy (non-hydrogen) atoms. The molecular formula is C30H36FN7O3. The third-order valence-corrected chi connectivity index (χ3v) is 8.63. The lowest BCUT2D eigenvalue weighted by Gasteiger charge is -2.33. The Morgan fingerprint density at radius 3 is 2.59 bits per heavy atom. The third kappa shape index (κ3) is 5.88. The molecule has 1 amide bonds. The third-order valence-electron chi connectivity index (χ3n) is 8.63. The van der Waals surface area contributed by atoms with Crippen LogP contribution in [0, 0.1) is 41.3 Å². The molecule has 2 aliphatic carbocycles. The number of anilines is 1. The number of terminal acetylenes is 1. The van der Waals surface area contributed by atoms with E-state index in [1.54, 1.807) is 13.0 Å². The zero-order valence-corrected chi connectivity index (χ0v) is 23.3. The summed E-state index contributed by atoms with van der Waals surface area (Å²) in [5, 5.41) is 34.8. The molecule has 1 aromatic carbocycles. The van der Waals surface area contributed by atoms with Gasteiger partial charge in [0.2, 0.25) is 0 Å². The number of rotatable bonds is 8. The Bertz CT molecular complexity index is 1500. The van der Waals surface area contributed by atoms with Crippen LogP contribution in [-0.2, 0) is 12.1 Å². The first-order chi connectivity index (χ1) is 19.6. The predicted octanol–water partition coefficient (Wildman–Crippen LogP) is 4.85. The van der Waals surface area contributed by atoms with Crippen molar-refractivity contribution in [3.63, 3.8) is 0 Å². The van der Waals surface area contributed by atoms with Gasteiger partial charge in [-0.2, -0.15) is 0 Å². The van der Waals surface area contributed by atoms with Crippen LogP contribution in [0.3, 0.4) is 0 Å². The van der Waals surface area contributed by atoms with Gasteiger partial charge < -0.3 is 20.1 Å². The standard InChI is InChI=1S/C30H36FN7O3/c1-4-18-11-13-19(14-12-18)16-38-23-25(33-17(2)20-7-5-8-20)35-27(24(32)34-29(39)40)36-26(23)37-28(38)30(3,41)21-9-6-10-22(31)15-21/h1,6,9-10,15,17-20,41H,5,7-8,11-14,16H2,2-3H3,(H2,32,34)(H,39,40)(H,33,35,36)/t17-,18?,19?,30?/m1/s1. The van der Waals surface area contributed by atoms with Crippen LogP contribution < -0.4 is 10.6 Å². The summed E-state index contributed by atoms with van der Waals surface area (Å²) in [5.41, 5.74) is -0.605. The number of aromatic nitrogens is 4. The number of carbonyl (C=O) groups is 1. The summed E-state index contributed by atoms with van der Waals surface area (Å²) in [6.45, 7) is 4.15. The molecule has 0 bridgehead atoms. The van der Waals surface area contributed by atoms with Crippen molar-refractivity contribution in [2.24, 2.45) is 17.8 Å². The minimum absolute atomic E-state index is 0.0536. The van der Waals surface area contributed by atoms with Gasteiger partial charge in [0.05, 0.1) is 0 Å². The topological polar surface area (TPSA) is 149 Å². The predicted molar refractivity (Wildman–Crippen MR) is 153 cm³/mol. The first kappa shape index (κ1) is 28.5. The van der Waals surface area contributed by atoms with Gasteiger partial charge in [-0.05, 0) is 81.9 Å². The van der Waals surface area contributed by atoms with E-state index in [1.807, 2.05) is 9.88 Å². The van der Waals surface area contributed by atoms with Crippen LogP contribution in [0.15, 0.2) is 24.3 Å². The molecule has 2 atom stereocenters. The second-order valence-electron chi connectivity index (χ2n) is 11.5. The van der Waals surface area contributed by atoms with Crippen LogP contribution in [0.25, 0.3) is 11.2 Å². The van der Waals surface area contributed by atoms with Gasteiger partial charge in [0.1, 0.15) is 22.8 Å². The molecule has 5 rings (SSSR count). The second-order valence-corrected chi connectivity index (χ2v) is 11.5. The number of fused-ring (bicyclic) bond motifs is 1. The summed E-state index contributed by atoms with van der Waals surface area (Å²) in [7, 11) is 0. The molecule has 0 saturated heterocycles. The molecule has 0 radical (unpaired) electrons. The van der Waals surface area contributed by atoms with E-state index in [0.717, 1.165) is 44.9 Å². The van der Waals surface area contributed by atoms with Crippen molar-refractivity contribution in [1.29, 1.82) is 5.41 Å². The summed E-state index contributed by atoms with van der Waals surface area (Å²) in [4.78, 5) is 25.1. The number of amidine groups is 1. The van der Waals surface area contributed by atoms with Gasteiger partial charge in [-0.3, -0.25) is 10.7 Å². The van der Waals surface area contributed by atoms with Gasteiger partial charge in [-0.15, -0.1) is 12.3 Å². The molecule has 11 heteroatoms. The van der Waals surface area contributed by atoms with E-state index in [1.165, 1.54) is 18.2 Å². The molecule has 2 heterocycles. The number of nitrogens with one attached hydrogen (secondary N) is 3. The molecule has 2 aromatic heterocycles. The monoisotopic (exact) mass is 561 g/mol. The molecule has 2 aliphatic rings. The van der Waals surface area contributed by atoms with E-state index in [9.17, 15) is 19.4 Å². The lowest BCUT2D eigenvalue weighted by Crippen LogP contribution is -2.33. The van der Waals surface area contributed by atoms with Crippen LogP contribution in [0.4, 0.5) is 15.0 Å². The first-order valence-electron chi connectivity index (χ1n) is 14.2. The number of aliphatic hydroxyl groups is 1. The zero-order chi connectivity index (χ0) is 29.3. The number of benzene rings is 1. The van der Waals surface area contributed by atoms with Gasteiger partial charge in [-0.1, -0.05) is 18.6 Å². The SMILES string of the molecule is C#CC1CCC(Cn2c(C(C)(O)c3cccc(F)c3)nc3nc(C(=N)NC(=O)O)nc(N[C@H](C)C4CCC4)c32)CC1. The summed E-state index contributed by atoms with van der Waals surface area (Å²) < 4.78 is 16.2. The maximum atomic E-state index is 14.3. The molecule has 0 aliphatic heterocycles. The van der Waals surface area contributed by atoms with Crippen LogP contribution in [0.2, 0.25) is 0 Å². The first-order valence-corrected chi connectivity index (χ1v) is 14.2. The average molecular weight is 562 g/mol. The molecule has 0 spiro atoms. The molecule has 1 unspecified atom stereocenters. The van der Waals surface area contributed by atoms with Crippen LogP contribution >= 0.6 is 0 Å². The highest BCUT2D eigenvalue weighted by atomic mass is 19.1. The van der Waals surface area contributed by atoms with E-state index in [2.05, 4.69) is 28.1 Å². The van der Waals surface area contributed by atoms with Gasteiger partial charge in [0.15, 0.2) is 23.1 Å². The fourth-order valence-electron chi connectivity index (χ4n) is 5.92. The van der Waals surface area contributed by atoms with E-state index < -0.39 is 23.3 Å². The molecule has 216 valence electrons. The van der Waals surface area contributed by atoms with Crippen molar-refractivity contribution < 1.29 is 19.4 Å². The summed E-state index contributed by atoms with van der Waals surface area (Å²) >= 11 is 0. The number of carboxylic acid groups (broad SMARTS) is 1. The van der Waals surface area contributed by atoms with Crippen molar-refractivity contribution in [2.75, 3.05) is 5.32 Å². The lowest BCUT2D eigenvalue weighted by atomic mass is 9.80. The fourth-order valence-corrected chi connectivity index (χ4v) is 5.92. The van der Waals surface area contributed by atoms with Crippen LogP contribution in [-0.4, -0.2) is 47.7 Å². The van der Waals surface area contributed by atoms with Crippen molar-refractivity contribution in [3.05, 3.63) is 47.3 Å². The number of halogens is 1. The van der Waals surface area contributed by atoms with Crippen molar-refractivity contribution in [3.8, 4) is 12.3 Å². The quantitative estimate of drug-likeness (QED) is 0.150. The Labute approximate surface area is 238 Å². The number of hydrogen-bond acceptors (Lipinski definition) is 7. The van der Waals surface area contributed by atoms with Crippen LogP contribution in [0.5, 0.6) is 0 Å². The second kappa shape index (κ2) is 11.4. The van der Waals surface area contributed by atoms with Gasteiger partial charge in [0, 0.05) is 18.5 Å². The Hall–Kier alpha value is -4.04. The molecule has 2 fully saturated rings. The zero-order valence-electron chi connectivity index (χ0n) is 23.3. The largest absolute Gasteiger partial charge is 0.465 e. The molecule has 3 aromatic rings. The lowest BCUT2D eigenvalue weighted by molar-refractivity contribution is 0.0864. The van der Waals surface area contributed by atoms with E-state index in [4.69, 9.17) is 16.8 Å². The highest BCUT2D eigenvalue weighted by Crippen LogP contribution is 2.38. The van der Waals surface area contributed by atoms with E-state index >= 15 is 0 Å². The number of imidazole rings is 1. The van der Waals surface area contributed by atoms with Crippen molar-refractivity contribution >= 4 is 28.9 Å². The smallest absolute Gasteiger partial charge is 0.410 e. The summed E-state index contributed by atoms with van der Waals surface area (Å²) in [6.07, 6.45) is 11.2. The number of nitrogens with zero attached hydrogens (tertiary/aromatic N) is 4. The molecule has 10 nitrogen and oxygen atoms in total. The highest BCUT2D eigenvalue weighted by Gasteiger charge is 2.36. The highest BCUT2D eigenvalue weighted by molar-refractivity contribution is 6.03. The number of hydrogen-bond donors (Lipinski definition) is 5. The Morgan fingerprint density at radius 1 is 1.24 bits per heavy atom. The Kier molecular flexibility index (Phi) is 7.95. The molecular weight excluding hydrogens is 525 g/mol. The fraction of sp³-hybridized carbons (Fsp3) is 0.500. The van der Waals surface area contributed by atoms with Crippen molar-refractivity contribution in [2.45, 2.75) is 77.0 Å². The molecule has 2 saturated carbocycles.